The molecule has 2 heterocycles. The average molecular weight is 362 g/mol. The smallest absolute Gasteiger partial charge is 0.232 e. The highest BCUT2D eigenvalue weighted by Crippen LogP contribution is 2.38. The van der Waals surface area contributed by atoms with Crippen LogP contribution in [0.1, 0.15) is 46.4 Å². The second-order valence-corrected chi connectivity index (χ2v) is 8.97. The molecule has 0 aliphatic carbocycles. The minimum Gasteiger partial charge on any atom is -0.232 e. The van der Waals surface area contributed by atoms with Gasteiger partial charge in [-0.2, -0.15) is 4.80 Å². The number of rotatable bonds is 3. The number of aromatic nitrogens is 5. The van der Waals surface area contributed by atoms with Gasteiger partial charge in [0.1, 0.15) is 0 Å². The Balaban J connectivity index is 2.19. The monoisotopic (exact) mass is 361 g/mol. The van der Waals surface area contributed by atoms with E-state index in [1.807, 2.05) is 13.8 Å². The highest BCUT2D eigenvalue weighted by Gasteiger charge is 2.23. The van der Waals surface area contributed by atoms with Crippen molar-refractivity contribution < 1.29 is 0 Å². The fourth-order valence-electron chi connectivity index (χ4n) is 1.34. The third kappa shape index (κ3) is 3.55. The number of nitrogens with zero attached hydrogens (tertiary/aromatic N) is 5. The summed E-state index contributed by atoms with van der Waals surface area (Å²) in [5.74, 6) is 0. The quantitative estimate of drug-likeness (QED) is 0.828. The first kappa shape index (κ1) is 14.9. The van der Waals surface area contributed by atoms with E-state index in [-0.39, 0.29) is 11.5 Å². The first-order valence-corrected chi connectivity index (χ1v) is 8.34. The van der Waals surface area contributed by atoms with Gasteiger partial charge in [-0.25, -0.2) is 4.98 Å². The molecule has 0 spiro atoms. The van der Waals surface area contributed by atoms with E-state index in [1.54, 1.807) is 16.1 Å². The molecule has 2 aromatic rings. The normalized spacial score (nSPS) is 12.4. The van der Waals surface area contributed by atoms with Gasteiger partial charge in [-0.05, 0) is 46.8 Å². The van der Waals surface area contributed by atoms with Crippen LogP contribution < -0.4 is 0 Å². The fourth-order valence-corrected chi connectivity index (χ4v) is 4.68. The molecule has 0 aliphatic rings. The maximum atomic E-state index is 4.65. The lowest BCUT2D eigenvalue weighted by atomic mass is 9.93. The van der Waals surface area contributed by atoms with Crippen LogP contribution in [0.2, 0.25) is 0 Å². The van der Waals surface area contributed by atoms with Gasteiger partial charge >= 0.3 is 0 Å². The molecule has 0 amide bonds. The van der Waals surface area contributed by atoms with Crippen LogP contribution in [0.5, 0.6) is 0 Å². The molecule has 0 fully saturated rings. The molecule has 5 nitrogen and oxygen atoms in total. The van der Waals surface area contributed by atoms with Crippen molar-refractivity contribution in [1.82, 2.24) is 25.2 Å². The molecule has 0 unspecified atom stereocenters. The molecule has 0 saturated heterocycles. The minimum absolute atomic E-state index is 0.0249. The second kappa shape index (κ2) is 5.49. The van der Waals surface area contributed by atoms with Crippen molar-refractivity contribution >= 4 is 39.0 Å². The van der Waals surface area contributed by atoms with E-state index in [1.165, 1.54) is 11.8 Å². The molecule has 2 aromatic heterocycles. The Hall–Kier alpha value is -0.470. The Morgan fingerprint density at radius 2 is 2.00 bits per heavy atom. The first-order chi connectivity index (χ1) is 8.77. The van der Waals surface area contributed by atoms with Crippen molar-refractivity contribution in [1.29, 1.82) is 0 Å². The van der Waals surface area contributed by atoms with Gasteiger partial charge in [-0.1, -0.05) is 32.1 Å². The Bertz CT molecular complexity index is 570. The summed E-state index contributed by atoms with van der Waals surface area (Å²) >= 11 is 6.63. The lowest BCUT2D eigenvalue weighted by Gasteiger charge is -2.15. The van der Waals surface area contributed by atoms with Crippen molar-refractivity contribution in [2.75, 3.05) is 0 Å². The number of hydrogen-bond acceptors (Lipinski definition) is 6. The van der Waals surface area contributed by atoms with Gasteiger partial charge in [0.25, 0.3) is 0 Å². The second-order valence-electron chi connectivity index (χ2n) is 5.44. The van der Waals surface area contributed by atoms with Crippen LogP contribution >= 0.6 is 39.0 Å². The molecular weight excluding hydrogens is 346 g/mol. The van der Waals surface area contributed by atoms with Crippen LogP contribution in [-0.2, 0) is 5.41 Å². The van der Waals surface area contributed by atoms with Crippen molar-refractivity contribution in [2.45, 2.75) is 55.6 Å². The highest BCUT2D eigenvalue weighted by molar-refractivity contribution is 9.11. The highest BCUT2D eigenvalue weighted by atomic mass is 79.9. The third-order valence-corrected chi connectivity index (χ3v) is 4.94. The van der Waals surface area contributed by atoms with Gasteiger partial charge < -0.3 is 0 Å². The molecular formula is C11H16BrN5S2. The number of thiazole rings is 1. The van der Waals surface area contributed by atoms with Crippen LogP contribution in [0.25, 0.3) is 0 Å². The van der Waals surface area contributed by atoms with E-state index >= 15 is 0 Å². The van der Waals surface area contributed by atoms with Crippen LogP contribution in [-0.4, -0.2) is 25.2 Å². The minimum atomic E-state index is 0.0249. The largest absolute Gasteiger partial charge is 0.238 e. The number of tetrazole rings is 1. The van der Waals surface area contributed by atoms with Gasteiger partial charge in [-0.3, -0.25) is 0 Å². The van der Waals surface area contributed by atoms with E-state index in [4.69, 9.17) is 0 Å². The predicted molar refractivity (Wildman–Crippen MR) is 80.8 cm³/mol. The zero-order valence-corrected chi connectivity index (χ0v) is 14.7. The molecule has 19 heavy (non-hydrogen) atoms. The molecule has 0 radical (unpaired) electrons. The van der Waals surface area contributed by atoms with Gasteiger partial charge in [0.2, 0.25) is 5.16 Å². The zero-order chi connectivity index (χ0) is 14.2. The predicted octanol–water partition coefficient (Wildman–Crippen LogP) is 3.92. The Kier molecular flexibility index (Phi) is 4.32. The number of hydrogen-bond donors (Lipinski definition) is 0. The molecule has 0 bridgehead atoms. The average Bonchev–Trinajstić information content (AvgIpc) is 2.85. The molecule has 0 aliphatic heterocycles. The van der Waals surface area contributed by atoms with Crippen LogP contribution in [0.4, 0.5) is 0 Å². The van der Waals surface area contributed by atoms with E-state index < -0.39 is 0 Å². The SMILES string of the molecule is CC(C)n1nnc(Sc2nc(C(C)(C)C)c(Br)s2)n1. The molecule has 104 valence electrons. The van der Waals surface area contributed by atoms with Gasteiger partial charge in [0.15, 0.2) is 4.34 Å². The van der Waals surface area contributed by atoms with Crippen LogP contribution in [0.15, 0.2) is 13.3 Å². The van der Waals surface area contributed by atoms with Crippen LogP contribution in [0, 0.1) is 0 Å². The summed E-state index contributed by atoms with van der Waals surface area (Å²) in [6, 6.07) is 0.218. The molecule has 0 aromatic carbocycles. The van der Waals surface area contributed by atoms with Gasteiger partial charge in [0.05, 0.1) is 15.5 Å². The number of halogens is 1. The Labute approximate surface area is 129 Å². The summed E-state index contributed by atoms with van der Waals surface area (Å²) in [5, 5.41) is 13.0. The van der Waals surface area contributed by atoms with Crippen molar-refractivity contribution in [3.8, 4) is 0 Å². The zero-order valence-electron chi connectivity index (χ0n) is 11.5. The maximum Gasteiger partial charge on any atom is 0.238 e. The topological polar surface area (TPSA) is 56.5 Å². The fraction of sp³-hybridized carbons (Fsp3) is 0.636. The molecule has 8 heteroatoms. The van der Waals surface area contributed by atoms with Crippen molar-refractivity contribution in [3.05, 3.63) is 9.48 Å². The lowest BCUT2D eigenvalue weighted by molar-refractivity contribution is 0.452. The molecule has 0 atom stereocenters. The summed E-state index contributed by atoms with van der Waals surface area (Å²) in [5.41, 5.74) is 1.09. The summed E-state index contributed by atoms with van der Waals surface area (Å²) in [6.45, 7) is 10.5. The van der Waals surface area contributed by atoms with E-state index in [0.29, 0.717) is 5.16 Å². The molecule has 2 rings (SSSR count). The lowest BCUT2D eigenvalue weighted by Crippen LogP contribution is -2.12. The third-order valence-electron chi connectivity index (χ3n) is 2.33. The van der Waals surface area contributed by atoms with Gasteiger partial charge in [0, 0.05) is 5.41 Å². The van der Waals surface area contributed by atoms with E-state index in [2.05, 4.69) is 57.1 Å². The molecule has 0 N–H and O–H groups in total. The summed E-state index contributed by atoms with van der Waals surface area (Å²) in [4.78, 5) is 6.25. The molecule has 0 saturated carbocycles. The first-order valence-electron chi connectivity index (χ1n) is 5.91. The Morgan fingerprint density at radius 1 is 1.32 bits per heavy atom. The van der Waals surface area contributed by atoms with E-state index in [9.17, 15) is 0 Å². The maximum absolute atomic E-state index is 4.65. The van der Waals surface area contributed by atoms with E-state index in [0.717, 1.165) is 13.8 Å². The summed E-state index contributed by atoms with van der Waals surface area (Å²) < 4.78 is 2.00. The van der Waals surface area contributed by atoms with Gasteiger partial charge in [-0.15, -0.1) is 10.2 Å². The van der Waals surface area contributed by atoms with Crippen molar-refractivity contribution in [3.63, 3.8) is 0 Å². The summed E-state index contributed by atoms with van der Waals surface area (Å²) in [6.07, 6.45) is 0. The van der Waals surface area contributed by atoms with Crippen molar-refractivity contribution in [2.24, 2.45) is 0 Å². The van der Waals surface area contributed by atoms with Crippen LogP contribution in [0.3, 0.4) is 0 Å². The Morgan fingerprint density at radius 3 is 2.47 bits per heavy atom. The summed E-state index contributed by atoms with van der Waals surface area (Å²) in [7, 11) is 0. The standard InChI is InChI=1S/C11H16BrN5S2/c1-6(2)17-15-9(14-16-17)19-10-13-7(8(12)18-10)11(3,4)5/h6H,1-5H3.